The van der Waals surface area contributed by atoms with Crippen LogP contribution in [0.15, 0.2) is 0 Å². The fraction of sp³-hybridized carbons (Fsp3) is 0.538. The Labute approximate surface area is 121 Å². The van der Waals surface area contributed by atoms with Gasteiger partial charge in [0.25, 0.3) is 5.91 Å². The van der Waals surface area contributed by atoms with E-state index in [1.165, 1.54) is 11.3 Å². The van der Waals surface area contributed by atoms with Gasteiger partial charge in [0.1, 0.15) is 9.71 Å². The second-order valence-electron chi connectivity index (χ2n) is 5.16. The summed E-state index contributed by atoms with van der Waals surface area (Å²) >= 11 is 1.42. The molecule has 1 aliphatic rings. The summed E-state index contributed by atoms with van der Waals surface area (Å²) in [6.07, 6.45) is 0. The summed E-state index contributed by atoms with van der Waals surface area (Å²) in [7, 11) is 1.87. The Balaban J connectivity index is 2.03. The molecule has 2 aromatic heterocycles. The van der Waals surface area contributed by atoms with Gasteiger partial charge in [0.15, 0.2) is 0 Å². The van der Waals surface area contributed by atoms with Crippen molar-refractivity contribution in [3.8, 4) is 0 Å². The normalized spacial score (nSPS) is 19.8. The molecule has 2 aromatic rings. The van der Waals surface area contributed by atoms with Crippen LogP contribution >= 0.6 is 11.3 Å². The van der Waals surface area contributed by atoms with Crippen LogP contribution in [0, 0.1) is 6.92 Å². The Morgan fingerprint density at radius 2 is 2.30 bits per heavy atom. The highest BCUT2D eigenvalue weighted by molar-refractivity contribution is 7.21. The van der Waals surface area contributed by atoms with Gasteiger partial charge in [-0.1, -0.05) is 0 Å². The molecule has 0 aromatic carbocycles. The Morgan fingerprint density at radius 3 is 2.95 bits per heavy atom. The maximum absolute atomic E-state index is 12.7. The average Bonchev–Trinajstić information content (AvgIpc) is 2.89. The van der Waals surface area contributed by atoms with E-state index in [9.17, 15) is 4.79 Å². The summed E-state index contributed by atoms with van der Waals surface area (Å²) in [6.45, 7) is 5.69. The van der Waals surface area contributed by atoms with E-state index in [0.717, 1.165) is 15.9 Å². The molecule has 6 nitrogen and oxygen atoms in total. The predicted octanol–water partition coefficient (Wildman–Crippen LogP) is 1.39. The quantitative estimate of drug-likeness (QED) is 0.862. The van der Waals surface area contributed by atoms with Crippen molar-refractivity contribution >= 4 is 33.1 Å². The van der Waals surface area contributed by atoms with Crippen molar-refractivity contribution in [1.82, 2.24) is 14.7 Å². The molecule has 1 saturated heterocycles. The lowest BCUT2D eigenvalue weighted by molar-refractivity contribution is 0.00392. The zero-order chi connectivity index (χ0) is 14.4. The number of nitrogens with zero attached hydrogens (tertiary/aromatic N) is 3. The predicted molar refractivity (Wildman–Crippen MR) is 79.1 cm³/mol. The summed E-state index contributed by atoms with van der Waals surface area (Å²) in [5.41, 5.74) is 7.61. The number of hydrogen-bond donors (Lipinski definition) is 1. The van der Waals surface area contributed by atoms with Crippen molar-refractivity contribution in [1.29, 1.82) is 0 Å². The highest BCUT2D eigenvalue weighted by Gasteiger charge is 2.29. The van der Waals surface area contributed by atoms with E-state index in [-0.39, 0.29) is 11.9 Å². The number of ether oxygens (including phenoxy) is 1. The molecule has 0 radical (unpaired) electrons. The van der Waals surface area contributed by atoms with Gasteiger partial charge in [-0.2, -0.15) is 5.10 Å². The van der Waals surface area contributed by atoms with Crippen molar-refractivity contribution in [3.63, 3.8) is 0 Å². The van der Waals surface area contributed by atoms with Gasteiger partial charge < -0.3 is 15.4 Å². The van der Waals surface area contributed by atoms with Gasteiger partial charge in [-0.15, -0.1) is 11.3 Å². The molecule has 0 bridgehead atoms. The summed E-state index contributed by atoms with van der Waals surface area (Å²) in [6, 6.07) is 0.0834. The van der Waals surface area contributed by atoms with Crippen molar-refractivity contribution < 1.29 is 9.53 Å². The standard InChI is InChI=1S/C13H18N4O2S/c1-7-6-19-5-4-17(7)12(18)11-10(14)9-8(2)15-16(3)13(9)20-11/h7H,4-6,14H2,1-3H3. The molecule has 108 valence electrons. The molecule has 7 heteroatoms. The van der Waals surface area contributed by atoms with Crippen LogP contribution in [0.2, 0.25) is 0 Å². The number of nitrogens with two attached hydrogens (primary N) is 1. The van der Waals surface area contributed by atoms with Crippen molar-refractivity contribution in [2.75, 3.05) is 25.5 Å². The molecule has 1 aliphatic heterocycles. The van der Waals surface area contributed by atoms with Gasteiger partial charge >= 0.3 is 0 Å². The number of amides is 1. The number of anilines is 1. The van der Waals surface area contributed by atoms with E-state index in [2.05, 4.69) is 5.10 Å². The molecule has 1 amide bonds. The van der Waals surface area contributed by atoms with Crippen molar-refractivity contribution in [2.24, 2.45) is 7.05 Å². The number of thiophene rings is 1. The Kier molecular flexibility index (Phi) is 3.18. The summed E-state index contributed by atoms with van der Waals surface area (Å²) < 4.78 is 7.16. The summed E-state index contributed by atoms with van der Waals surface area (Å²) in [4.78, 5) is 16.1. The monoisotopic (exact) mass is 294 g/mol. The van der Waals surface area contributed by atoms with E-state index >= 15 is 0 Å². The first-order chi connectivity index (χ1) is 9.50. The number of fused-ring (bicyclic) bond motifs is 1. The zero-order valence-corrected chi connectivity index (χ0v) is 12.7. The van der Waals surface area contributed by atoms with Crippen LogP contribution in [0.4, 0.5) is 5.69 Å². The molecule has 3 heterocycles. The lowest BCUT2D eigenvalue weighted by Crippen LogP contribution is -2.47. The zero-order valence-electron chi connectivity index (χ0n) is 11.8. The van der Waals surface area contributed by atoms with Crippen LogP contribution in [-0.4, -0.2) is 46.4 Å². The molecular formula is C13H18N4O2S. The van der Waals surface area contributed by atoms with E-state index in [1.54, 1.807) is 4.68 Å². The van der Waals surface area contributed by atoms with Crippen LogP contribution in [0.5, 0.6) is 0 Å². The van der Waals surface area contributed by atoms with E-state index < -0.39 is 0 Å². The molecule has 1 fully saturated rings. The summed E-state index contributed by atoms with van der Waals surface area (Å²) in [5.74, 6) is -0.00102. The maximum Gasteiger partial charge on any atom is 0.266 e. The van der Waals surface area contributed by atoms with E-state index in [1.807, 2.05) is 25.8 Å². The minimum Gasteiger partial charge on any atom is -0.397 e. The van der Waals surface area contributed by atoms with Gasteiger partial charge in [-0.05, 0) is 13.8 Å². The number of carbonyl (C=O) groups excluding carboxylic acids is 1. The SMILES string of the molecule is Cc1nn(C)c2sc(C(=O)N3CCOCC3C)c(N)c12. The van der Waals surface area contributed by atoms with Crippen LogP contribution in [0.25, 0.3) is 10.2 Å². The molecule has 3 rings (SSSR count). The second kappa shape index (κ2) is 4.75. The first-order valence-electron chi connectivity index (χ1n) is 6.61. The molecule has 0 saturated carbocycles. The second-order valence-corrected chi connectivity index (χ2v) is 6.16. The first-order valence-corrected chi connectivity index (χ1v) is 7.42. The van der Waals surface area contributed by atoms with Crippen molar-refractivity contribution in [2.45, 2.75) is 19.9 Å². The van der Waals surface area contributed by atoms with Crippen LogP contribution in [0.3, 0.4) is 0 Å². The van der Waals surface area contributed by atoms with Crippen LogP contribution in [-0.2, 0) is 11.8 Å². The highest BCUT2D eigenvalue weighted by atomic mass is 32.1. The Hall–Kier alpha value is -1.60. The smallest absolute Gasteiger partial charge is 0.266 e. The number of hydrogen-bond acceptors (Lipinski definition) is 5. The topological polar surface area (TPSA) is 73.4 Å². The van der Waals surface area contributed by atoms with Gasteiger partial charge in [0, 0.05) is 13.6 Å². The molecule has 20 heavy (non-hydrogen) atoms. The minimum absolute atomic E-state index is 0.00102. The molecule has 0 spiro atoms. The fourth-order valence-corrected chi connectivity index (χ4v) is 3.79. The molecule has 0 aliphatic carbocycles. The van der Waals surface area contributed by atoms with Gasteiger partial charge in [0.2, 0.25) is 0 Å². The van der Waals surface area contributed by atoms with Gasteiger partial charge in [-0.25, -0.2) is 0 Å². The van der Waals surface area contributed by atoms with Gasteiger partial charge in [-0.3, -0.25) is 9.48 Å². The molecule has 1 unspecified atom stereocenters. The first kappa shape index (κ1) is 13.4. The van der Waals surface area contributed by atoms with E-state index in [4.69, 9.17) is 10.5 Å². The van der Waals surface area contributed by atoms with Crippen LogP contribution < -0.4 is 5.73 Å². The molecule has 1 atom stereocenters. The fourth-order valence-electron chi connectivity index (χ4n) is 2.65. The van der Waals surface area contributed by atoms with Gasteiger partial charge in [0.05, 0.1) is 36.0 Å². The molecular weight excluding hydrogens is 276 g/mol. The maximum atomic E-state index is 12.7. The number of carbonyl (C=O) groups is 1. The van der Waals surface area contributed by atoms with Crippen molar-refractivity contribution in [3.05, 3.63) is 10.6 Å². The third kappa shape index (κ3) is 1.89. The lowest BCUT2D eigenvalue weighted by Gasteiger charge is -2.33. The number of aromatic nitrogens is 2. The lowest BCUT2D eigenvalue weighted by atomic mass is 10.2. The number of nitrogen functional groups attached to an aromatic ring is 1. The average molecular weight is 294 g/mol. The van der Waals surface area contributed by atoms with Crippen LogP contribution in [0.1, 0.15) is 22.3 Å². The number of aryl methyl sites for hydroxylation is 2. The molecule has 2 N–H and O–H groups in total. The summed E-state index contributed by atoms with van der Waals surface area (Å²) in [5, 5.41) is 5.25. The number of rotatable bonds is 1. The highest BCUT2D eigenvalue weighted by Crippen LogP contribution is 2.36. The Morgan fingerprint density at radius 1 is 1.55 bits per heavy atom. The third-order valence-electron chi connectivity index (χ3n) is 3.71. The third-order valence-corrected chi connectivity index (χ3v) is 4.97. The largest absolute Gasteiger partial charge is 0.397 e. The Bertz CT molecular complexity index is 676. The minimum atomic E-state index is -0.00102. The van der Waals surface area contributed by atoms with E-state index in [0.29, 0.717) is 30.3 Å². The number of morpholine rings is 1.